The third kappa shape index (κ3) is 9.97. The van der Waals surface area contributed by atoms with Crippen molar-refractivity contribution in [3.63, 3.8) is 0 Å². The highest BCUT2D eigenvalue weighted by Crippen LogP contribution is 1.95. The van der Waals surface area contributed by atoms with Crippen molar-refractivity contribution in [2.45, 2.75) is 12.5 Å². The quantitative estimate of drug-likeness (QED) is 0.315. The topological polar surface area (TPSA) is 53.7 Å². The molecule has 0 rings (SSSR count). The number of ether oxygens (including phenoxy) is 3. The maximum Gasteiger partial charge on any atom is 0.146 e. The van der Waals surface area contributed by atoms with Gasteiger partial charge in [-0.15, -0.1) is 0 Å². The molecule has 0 fully saturated rings. The van der Waals surface area contributed by atoms with Crippen LogP contribution in [0.2, 0.25) is 5.54 Å². The molecule has 2 N–H and O–H groups in total. The first-order valence-electron chi connectivity index (χ1n) is 4.65. The van der Waals surface area contributed by atoms with Gasteiger partial charge in [0.15, 0.2) is 0 Å². The van der Waals surface area contributed by atoms with E-state index < -0.39 is 0 Å². The Morgan fingerprint density at radius 2 is 2.08 bits per heavy atom. The summed E-state index contributed by atoms with van der Waals surface area (Å²) in [5.41, 5.74) is 6.15. The van der Waals surface area contributed by atoms with Crippen LogP contribution in [0.4, 0.5) is 0 Å². The number of rotatable bonds is 9. The van der Waals surface area contributed by atoms with Crippen LogP contribution in [-0.4, -0.2) is 49.4 Å². The Kier molecular flexibility index (Phi) is 10.2. The highest BCUT2D eigenvalue weighted by molar-refractivity contribution is 6.37. The minimum atomic E-state index is -0.162. The number of hydrogen-bond donors (Lipinski definition) is 1. The van der Waals surface area contributed by atoms with Crippen molar-refractivity contribution >= 4 is 9.52 Å². The van der Waals surface area contributed by atoms with E-state index in [1.54, 1.807) is 7.11 Å². The normalized spacial score (nSPS) is 14.1. The zero-order chi connectivity index (χ0) is 9.94. The summed E-state index contributed by atoms with van der Waals surface area (Å²) < 4.78 is 15.2. The largest absolute Gasteiger partial charge is 0.382 e. The molecule has 5 heteroatoms. The van der Waals surface area contributed by atoms with Gasteiger partial charge in [0.25, 0.3) is 0 Å². The van der Waals surface area contributed by atoms with Crippen molar-refractivity contribution in [3.8, 4) is 0 Å². The summed E-state index contributed by atoms with van der Waals surface area (Å²) in [6, 6.07) is 0. The Morgan fingerprint density at radius 3 is 2.69 bits per heavy atom. The van der Waals surface area contributed by atoms with Gasteiger partial charge in [-0.25, -0.2) is 0 Å². The molecule has 0 aromatic carbocycles. The van der Waals surface area contributed by atoms with E-state index in [1.165, 1.54) is 0 Å². The van der Waals surface area contributed by atoms with Crippen LogP contribution in [0.15, 0.2) is 0 Å². The molecule has 0 bridgehead atoms. The third-order valence-corrected chi connectivity index (χ3v) is 3.60. The maximum absolute atomic E-state index is 5.48. The molecule has 0 aliphatic heterocycles. The highest BCUT2D eigenvalue weighted by atomic mass is 28.2. The van der Waals surface area contributed by atoms with Crippen molar-refractivity contribution in [1.82, 2.24) is 0 Å². The molecule has 0 aromatic heterocycles. The van der Waals surface area contributed by atoms with Crippen LogP contribution >= 0.6 is 0 Å². The van der Waals surface area contributed by atoms with Crippen LogP contribution in [0.25, 0.3) is 0 Å². The highest BCUT2D eigenvalue weighted by Gasteiger charge is 1.98. The molecule has 0 spiro atoms. The summed E-state index contributed by atoms with van der Waals surface area (Å²) in [6.07, 6.45) is 0.853. The van der Waals surface area contributed by atoms with Crippen molar-refractivity contribution in [1.29, 1.82) is 0 Å². The lowest BCUT2D eigenvalue weighted by Gasteiger charge is -2.08. The predicted molar refractivity (Wildman–Crippen MR) is 55.7 cm³/mol. The van der Waals surface area contributed by atoms with Gasteiger partial charge in [0.2, 0.25) is 0 Å². The first-order valence-corrected chi connectivity index (χ1v) is 6.47. The van der Waals surface area contributed by atoms with Crippen LogP contribution < -0.4 is 5.73 Å². The Balaban J connectivity index is 2.91. The van der Waals surface area contributed by atoms with Gasteiger partial charge in [-0.2, -0.15) is 0 Å². The third-order valence-electron chi connectivity index (χ3n) is 1.76. The lowest BCUT2D eigenvalue weighted by molar-refractivity contribution is -0.0527. The second kappa shape index (κ2) is 10.1. The second-order valence-corrected chi connectivity index (χ2v) is 5.44. The van der Waals surface area contributed by atoms with Crippen molar-refractivity contribution in [3.05, 3.63) is 0 Å². The SMILES string of the molecule is COCCOCOC[SiH2]C(C)CN. The van der Waals surface area contributed by atoms with Crippen LogP contribution in [-0.2, 0) is 14.2 Å². The van der Waals surface area contributed by atoms with Crippen LogP contribution in [0.1, 0.15) is 6.92 Å². The fraction of sp³-hybridized carbons (Fsp3) is 1.00. The number of methoxy groups -OCH3 is 1. The zero-order valence-corrected chi connectivity index (χ0v) is 10.0. The maximum atomic E-state index is 5.48. The van der Waals surface area contributed by atoms with Crippen LogP contribution in [0, 0.1) is 0 Å². The molecule has 0 heterocycles. The summed E-state index contributed by atoms with van der Waals surface area (Å²) in [5.74, 6) is 0. The van der Waals surface area contributed by atoms with E-state index in [0.29, 0.717) is 25.5 Å². The van der Waals surface area contributed by atoms with Crippen LogP contribution in [0.3, 0.4) is 0 Å². The molecule has 4 nitrogen and oxygen atoms in total. The van der Waals surface area contributed by atoms with E-state index in [4.69, 9.17) is 19.9 Å². The van der Waals surface area contributed by atoms with Crippen LogP contribution in [0.5, 0.6) is 0 Å². The van der Waals surface area contributed by atoms with Crippen molar-refractivity contribution < 1.29 is 14.2 Å². The summed E-state index contributed by atoms with van der Waals surface area (Å²) in [7, 11) is 1.49. The molecule has 0 amide bonds. The summed E-state index contributed by atoms with van der Waals surface area (Å²) in [4.78, 5) is 0. The van der Waals surface area contributed by atoms with Gasteiger partial charge in [-0.1, -0.05) is 6.92 Å². The minimum Gasteiger partial charge on any atom is -0.382 e. The lowest BCUT2D eigenvalue weighted by Crippen LogP contribution is -2.17. The van der Waals surface area contributed by atoms with Gasteiger partial charge in [-0.05, 0) is 12.1 Å². The van der Waals surface area contributed by atoms with E-state index >= 15 is 0 Å². The van der Waals surface area contributed by atoms with Gasteiger partial charge < -0.3 is 19.9 Å². The standard InChI is InChI=1S/C8H21NO3Si/c1-8(5-9)13-7-12-6-11-4-3-10-2/h8H,3-7,9,13H2,1-2H3. The lowest BCUT2D eigenvalue weighted by atomic mass is 10.5. The fourth-order valence-electron chi connectivity index (χ4n) is 0.721. The summed E-state index contributed by atoms with van der Waals surface area (Å²) in [6.45, 7) is 4.56. The predicted octanol–water partition coefficient (Wildman–Crippen LogP) is -0.483. The Morgan fingerprint density at radius 1 is 1.31 bits per heavy atom. The summed E-state index contributed by atoms with van der Waals surface area (Å²) in [5, 5.41) is 0. The van der Waals surface area contributed by atoms with E-state index in [2.05, 4.69) is 6.92 Å². The van der Waals surface area contributed by atoms with Gasteiger partial charge >= 0.3 is 0 Å². The molecule has 13 heavy (non-hydrogen) atoms. The average molecular weight is 207 g/mol. The Bertz CT molecular complexity index is 105. The Labute approximate surface area is 82.5 Å². The zero-order valence-electron chi connectivity index (χ0n) is 8.62. The number of nitrogens with two attached hydrogens (primary N) is 1. The molecule has 0 radical (unpaired) electrons. The molecule has 0 saturated heterocycles. The molecule has 1 unspecified atom stereocenters. The molecular formula is C8H21NO3Si. The molecule has 0 aliphatic rings. The fourth-order valence-corrected chi connectivity index (χ4v) is 1.64. The minimum absolute atomic E-state index is 0.162. The van der Waals surface area contributed by atoms with Gasteiger partial charge in [0.1, 0.15) is 6.79 Å². The van der Waals surface area contributed by atoms with E-state index in [1.807, 2.05) is 0 Å². The first kappa shape index (κ1) is 13.1. The first-order chi connectivity index (χ1) is 6.31. The summed E-state index contributed by atoms with van der Waals surface area (Å²) >= 11 is 0. The number of hydrogen-bond acceptors (Lipinski definition) is 4. The molecule has 0 saturated carbocycles. The monoisotopic (exact) mass is 207 g/mol. The molecule has 0 aliphatic carbocycles. The van der Waals surface area contributed by atoms with E-state index in [9.17, 15) is 0 Å². The van der Waals surface area contributed by atoms with E-state index in [-0.39, 0.29) is 9.52 Å². The van der Waals surface area contributed by atoms with Crippen molar-refractivity contribution in [2.24, 2.45) is 5.73 Å². The molecule has 1 atom stereocenters. The molecular weight excluding hydrogens is 186 g/mol. The van der Waals surface area contributed by atoms with Gasteiger partial charge in [-0.3, -0.25) is 0 Å². The Hall–Kier alpha value is 0.0569. The molecule has 0 aromatic rings. The smallest absolute Gasteiger partial charge is 0.146 e. The van der Waals surface area contributed by atoms with E-state index in [0.717, 1.165) is 12.8 Å². The second-order valence-electron chi connectivity index (χ2n) is 3.06. The average Bonchev–Trinajstić information content (AvgIpc) is 2.16. The van der Waals surface area contributed by atoms with Crippen molar-refractivity contribution in [2.75, 3.05) is 39.9 Å². The van der Waals surface area contributed by atoms with Gasteiger partial charge in [0.05, 0.1) is 22.7 Å². The van der Waals surface area contributed by atoms with Gasteiger partial charge in [0, 0.05) is 13.3 Å². The molecule has 80 valence electrons.